The molecule has 7 heteroatoms. The van der Waals surface area contributed by atoms with Crippen molar-refractivity contribution in [1.82, 2.24) is 0 Å². The third-order valence-corrected chi connectivity index (χ3v) is 4.24. The molecule has 2 aromatic rings. The Balaban J connectivity index is 2.29. The number of anilines is 1. The van der Waals surface area contributed by atoms with E-state index in [1.54, 1.807) is 12.1 Å². The number of hydrogen-bond donors (Lipinski definition) is 2. The number of thiocarbonyl (C=S) groups is 1. The first-order valence-electron chi connectivity index (χ1n) is 7.63. The van der Waals surface area contributed by atoms with Crippen molar-refractivity contribution in [3.63, 3.8) is 0 Å². The maximum absolute atomic E-state index is 13.0. The Morgan fingerprint density at radius 3 is 2.52 bits per heavy atom. The number of nitrogens with one attached hydrogen (secondary N) is 1. The Morgan fingerprint density at radius 2 is 1.92 bits per heavy atom. The van der Waals surface area contributed by atoms with Crippen LogP contribution in [0.5, 0.6) is 5.75 Å². The van der Waals surface area contributed by atoms with Crippen LogP contribution in [0, 0.1) is 6.92 Å². The highest BCUT2D eigenvalue weighted by Gasteiger charge is 2.31. The Morgan fingerprint density at radius 1 is 1.20 bits per heavy atom. The summed E-state index contributed by atoms with van der Waals surface area (Å²) in [6.07, 6.45) is -3.82. The second-order valence-electron chi connectivity index (χ2n) is 5.51. The molecule has 1 N–H and O–H groups in total. The lowest BCUT2D eigenvalue weighted by Gasteiger charge is -2.16. The van der Waals surface area contributed by atoms with E-state index >= 15 is 0 Å². The molecule has 0 saturated heterocycles. The average Bonchev–Trinajstić information content (AvgIpc) is 2.54. The minimum absolute atomic E-state index is 0.00859. The van der Waals surface area contributed by atoms with E-state index in [-0.39, 0.29) is 6.61 Å². The standard InChI is InChI=1S/C18H18F3NOS2/c1-3-17(25)22-15-6-4-13(18(19,20)21)9-12(15)10-23-16-7-5-14(24)8-11(16)2/h4-9,24H,3,10H2,1-2H3,(H,22,25). The van der Waals surface area contributed by atoms with E-state index in [2.05, 4.69) is 17.9 Å². The lowest BCUT2D eigenvalue weighted by molar-refractivity contribution is -0.137. The summed E-state index contributed by atoms with van der Waals surface area (Å²) in [6, 6.07) is 8.84. The lowest BCUT2D eigenvalue weighted by Crippen LogP contribution is -2.13. The molecule has 0 amide bonds. The van der Waals surface area contributed by atoms with Crippen molar-refractivity contribution in [1.29, 1.82) is 0 Å². The van der Waals surface area contributed by atoms with Gasteiger partial charge in [0.2, 0.25) is 0 Å². The van der Waals surface area contributed by atoms with Crippen LogP contribution in [0.15, 0.2) is 41.3 Å². The number of thiol groups is 1. The quantitative estimate of drug-likeness (QED) is 0.485. The molecule has 0 spiro atoms. The van der Waals surface area contributed by atoms with Crippen molar-refractivity contribution in [3.05, 3.63) is 53.1 Å². The van der Waals surface area contributed by atoms with E-state index in [0.717, 1.165) is 22.6 Å². The molecule has 25 heavy (non-hydrogen) atoms. The van der Waals surface area contributed by atoms with Crippen LogP contribution in [0.1, 0.15) is 30.0 Å². The van der Waals surface area contributed by atoms with E-state index in [4.69, 9.17) is 17.0 Å². The zero-order valence-electron chi connectivity index (χ0n) is 13.8. The van der Waals surface area contributed by atoms with Crippen molar-refractivity contribution in [2.75, 3.05) is 5.32 Å². The third kappa shape index (κ3) is 5.37. The first-order chi connectivity index (χ1) is 11.7. The Hall–Kier alpha value is -1.73. The normalized spacial score (nSPS) is 11.3. The van der Waals surface area contributed by atoms with E-state index in [1.807, 2.05) is 19.9 Å². The first-order valence-corrected chi connectivity index (χ1v) is 8.48. The number of benzene rings is 2. The largest absolute Gasteiger partial charge is 0.489 e. The summed E-state index contributed by atoms with van der Waals surface area (Å²) >= 11 is 9.38. The summed E-state index contributed by atoms with van der Waals surface area (Å²) in [7, 11) is 0. The number of hydrogen-bond acceptors (Lipinski definition) is 3. The molecule has 0 bridgehead atoms. The molecule has 0 aliphatic heterocycles. The molecule has 2 aromatic carbocycles. The predicted octanol–water partition coefficient (Wildman–Crippen LogP) is 6.03. The molecule has 2 nitrogen and oxygen atoms in total. The fraction of sp³-hybridized carbons (Fsp3) is 0.278. The van der Waals surface area contributed by atoms with Crippen molar-refractivity contribution in [2.45, 2.75) is 37.9 Å². The number of halogens is 3. The number of ether oxygens (including phenoxy) is 1. The summed E-state index contributed by atoms with van der Waals surface area (Å²) < 4.78 is 44.7. The summed E-state index contributed by atoms with van der Waals surface area (Å²) in [4.78, 5) is 1.34. The first kappa shape index (κ1) is 19.6. The van der Waals surface area contributed by atoms with Crippen LogP contribution >= 0.6 is 24.8 Å². The van der Waals surface area contributed by atoms with Gasteiger partial charge in [-0.1, -0.05) is 19.1 Å². The van der Waals surface area contributed by atoms with E-state index in [1.165, 1.54) is 6.07 Å². The molecule has 0 fully saturated rings. The van der Waals surface area contributed by atoms with Crippen LogP contribution in [0.25, 0.3) is 0 Å². The van der Waals surface area contributed by atoms with Gasteiger partial charge in [0, 0.05) is 16.1 Å². The van der Waals surface area contributed by atoms with Gasteiger partial charge in [-0.25, -0.2) is 0 Å². The van der Waals surface area contributed by atoms with Crippen LogP contribution in [0.3, 0.4) is 0 Å². The third-order valence-electron chi connectivity index (χ3n) is 3.57. The van der Waals surface area contributed by atoms with E-state index in [9.17, 15) is 13.2 Å². The van der Waals surface area contributed by atoms with Gasteiger partial charge in [0.05, 0.1) is 10.6 Å². The highest BCUT2D eigenvalue weighted by Crippen LogP contribution is 2.32. The second kappa shape index (κ2) is 8.10. The fourth-order valence-electron chi connectivity index (χ4n) is 2.20. The van der Waals surface area contributed by atoms with Gasteiger partial charge in [-0.05, 0) is 55.3 Å². The zero-order valence-corrected chi connectivity index (χ0v) is 15.5. The average molecular weight is 385 g/mol. The molecular weight excluding hydrogens is 367 g/mol. The van der Waals surface area contributed by atoms with Gasteiger partial charge in [-0.15, -0.1) is 12.6 Å². The number of aryl methyl sites for hydroxylation is 1. The fourth-order valence-corrected chi connectivity index (χ4v) is 2.58. The Labute approximate surface area is 155 Å². The predicted molar refractivity (Wildman–Crippen MR) is 101 cm³/mol. The van der Waals surface area contributed by atoms with Gasteiger partial charge in [-0.3, -0.25) is 0 Å². The Kier molecular flexibility index (Phi) is 6.35. The number of alkyl halides is 3. The minimum atomic E-state index is -4.41. The van der Waals surface area contributed by atoms with Crippen LogP contribution in [0.4, 0.5) is 18.9 Å². The smallest absolute Gasteiger partial charge is 0.416 e. The molecule has 0 saturated carbocycles. The van der Waals surface area contributed by atoms with Gasteiger partial charge in [0.1, 0.15) is 12.4 Å². The second-order valence-corrected chi connectivity index (χ2v) is 6.52. The van der Waals surface area contributed by atoms with Crippen LogP contribution < -0.4 is 10.1 Å². The SMILES string of the molecule is CCC(=S)Nc1ccc(C(F)(F)F)cc1COc1ccc(S)cc1C. The van der Waals surface area contributed by atoms with Crippen LogP contribution in [-0.4, -0.2) is 4.99 Å². The van der Waals surface area contributed by atoms with Crippen molar-refractivity contribution >= 4 is 35.5 Å². The lowest BCUT2D eigenvalue weighted by atomic mass is 10.1. The highest BCUT2D eigenvalue weighted by atomic mass is 32.1. The molecule has 0 radical (unpaired) electrons. The summed E-state index contributed by atoms with van der Waals surface area (Å²) in [6.45, 7) is 3.72. The number of rotatable bonds is 5. The van der Waals surface area contributed by atoms with Gasteiger partial charge in [0.15, 0.2) is 0 Å². The van der Waals surface area contributed by atoms with Crippen molar-refractivity contribution < 1.29 is 17.9 Å². The molecule has 2 rings (SSSR count). The molecule has 0 atom stereocenters. The van der Waals surface area contributed by atoms with Gasteiger partial charge >= 0.3 is 6.18 Å². The van der Waals surface area contributed by atoms with Gasteiger partial charge in [-0.2, -0.15) is 13.2 Å². The molecular formula is C18H18F3NOS2. The summed E-state index contributed by atoms with van der Waals surface area (Å²) in [5.41, 5.74) is 1.04. The summed E-state index contributed by atoms with van der Waals surface area (Å²) in [5, 5.41) is 2.97. The summed E-state index contributed by atoms with van der Waals surface area (Å²) in [5.74, 6) is 0.597. The zero-order chi connectivity index (χ0) is 18.6. The van der Waals surface area contributed by atoms with E-state index < -0.39 is 11.7 Å². The van der Waals surface area contributed by atoms with Crippen molar-refractivity contribution in [2.24, 2.45) is 0 Å². The maximum Gasteiger partial charge on any atom is 0.416 e. The topological polar surface area (TPSA) is 21.3 Å². The minimum Gasteiger partial charge on any atom is -0.489 e. The van der Waals surface area contributed by atoms with Crippen LogP contribution in [-0.2, 0) is 12.8 Å². The van der Waals surface area contributed by atoms with Gasteiger partial charge < -0.3 is 10.1 Å². The molecule has 134 valence electrons. The van der Waals surface area contributed by atoms with Crippen molar-refractivity contribution in [3.8, 4) is 5.75 Å². The molecule has 0 heterocycles. The molecule has 0 aliphatic rings. The molecule has 0 aromatic heterocycles. The van der Waals surface area contributed by atoms with Gasteiger partial charge in [0.25, 0.3) is 0 Å². The molecule has 0 unspecified atom stereocenters. The Bertz CT molecular complexity index is 775. The molecule has 0 aliphatic carbocycles. The maximum atomic E-state index is 13.0. The van der Waals surface area contributed by atoms with E-state index in [0.29, 0.717) is 28.4 Å². The monoisotopic (exact) mass is 385 g/mol. The van der Waals surface area contributed by atoms with Crippen LogP contribution in [0.2, 0.25) is 0 Å². The highest BCUT2D eigenvalue weighted by molar-refractivity contribution is 7.80.